The quantitative estimate of drug-likeness (QED) is 0.682. The Bertz CT molecular complexity index is 240. The molecule has 0 aromatic carbocycles. The lowest BCUT2D eigenvalue weighted by Gasteiger charge is -2.60. The summed E-state index contributed by atoms with van der Waals surface area (Å²) in [4.78, 5) is 2.26. The normalized spacial score (nSPS) is 55.7. The molecule has 0 aliphatic heterocycles. The van der Waals surface area contributed by atoms with Crippen LogP contribution in [0.3, 0.4) is 0 Å². The molecule has 2 nitrogen and oxygen atoms in total. The van der Waals surface area contributed by atoms with Crippen LogP contribution in [0.25, 0.3) is 0 Å². The molecule has 0 amide bonds. The highest BCUT2D eigenvalue weighted by atomic mass is 16.3. The van der Waals surface area contributed by atoms with Crippen molar-refractivity contribution in [2.24, 2.45) is 23.7 Å². The molecule has 5 saturated carbocycles. The van der Waals surface area contributed by atoms with Crippen LogP contribution in [-0.2, 0) is 0 Å². The predicted octanol–water partition coefficient (Wildman–Crippen LogP) is 1.34. The molecule has 0 heterocycles. The van der Waals surface area contributed by atoms with Crippen molar-refractivity contribution in [1.29, 1.82) is 0 Å². The molecule has 80 valence electrons. The van der Waals surface area contributed by atoms with Crippen molar-refractivity contribution < 1.29 is 5.11 Å². The summed E-state index contributed by atoms with van der Waals surface area (Å²) in [7, 11) is 4.25. The molecule has 4 bridgehead atoms. The molecular weight excluding hydrogens is 174 g/mol. The number of aliphatic hydroxyl groups excluding tert-OH is 1. The smallest absolute Gasteiger partial charge is 0.0728 e. The van der Waals surface area contributed by atoms with Crippen molar-refractivity contribution in [3.8, 4) is 0 Å². The van der Waals surface area contributed by atoms with Crippen LogP contribution in [0, 0.1) is 23.7 Å². The molecule has 0 aromatic rings. The zero-order valence-corrected chi connectivity index (χ0v) is 9.19. The maximum atomic E-state index is 10.3. The van der Waals surface area contributed by atoms with Crippen molar-refractivity contribution in [3.05, 3.63) is 0 Å². The van der Waals surface area contributed by atoms with Gasteiger partial charge in [0.1, 0.15) is 0 Å². The molecule has 5 fully saturated rings. The largest absolute Gasteiger partial charge is 0.391 e. The van der Waals surface area contributed by atoms with E-state index in [1.54, 1.807) is 0 Å². The third-order valence-electron chi connectivity index (χ3n) is 5.09. The Kier molecular flexibility index (Phi) is 1.94. The van der Waals surface area contributed by atoms with Crippen molar-refractivity contribution in [2.45, 2.75) is 37.8 Å². The third-order valence-corrected chi connectivity index (χ3v) is 5.09. The molecule has 5 unspecified atom stereocenters. The van der Waals surface area contributed by atoms with Gasteiger partial charge in [-0.05, 0) is 63.5 Å². The number of nitrogens with zero attached hydrogens (tertiary/aromatic N) is 1. The molecule has 14 heavy (non-hydrogen) atoms. The second kappa shape index (κ2) is 2.96. The molecule has 0 aromatic heterocycles. The minimum absolute atomic E-state index is 0.0368. The number of aliphatic hydroxyl groups is 1. The van der Waals surface area contributed by atoms with Crippen LogP contribution >= 0.6 is 0 Å². The zero-order chi connectivity index (χ0) is 9.87. The van der Waals surface area contributed by atoms with Gasteiger partial charge in [0, 0.05) is 6.04 Å². The maximum absolute atomic E-state index is 10.3. The monoisotopic (exact) mass is 195 g/mol. The fourth-order valence-corrected chi connectivity index (χ4v) is 4.56. The number of hydrogen-bond donors (Lipinski definition) is 1. The number of rotatable bonds is 1. The predicted molar refractivity (Wildman–Crippen MR) is 55.9 cm³/mol. The van der Waals surface area contributed by atoms with Gasteiger partial charge < -0.3 is 10.0 Å². The molecule has 0 saturated heterocycles. The van der Waals surface area contributed by atoms with Crippen LogP contribution in [0.1, 0.15) is 25.7 Å². The van der Waals surface area contributed by atoms with Crippen LogP contribution in [0.15, 0.2) is 0 Å². The fourth-order valence-electron chi connectivity index (χ4n) is 4.56. The molecule has 2 heteroatoms. The lowest BCUT2D eigenvalue weighted by atomic mass is 9.50. The molecule has 6 atom stereocenters. The van der Waals surface area contributed by atoms with Gasteiger partial charge in [0.25, 0.3) is 0 Å². The van der Waals surface area contributed by atoms with Crippen LogP contribution in [0.5, 0.6) is 0 Å². The molecule has 0 radical (unpaired) electrons. The van der Waals surface area contributed by atoms with Gasteiger partial charge in [-0.2, -0.15) is 0 Å². The van der Waals surface area contributed by atoms with E-state index in [1.807, 2.05) is 0 Å². The number of hydrogen-bond acceptors (Lipinski definition) is 2. The van der Waals surface area contributed by atoms with Gasteiger partial charge in [-0.3, -0.25) is 0 Å². The number of likely N-dealkylation sites (N-methyl/N-ethyl adjacent to an activating group) is 1. The summed E-state index contributed by atoms with van der Waals surface area (Å²) in [5.41, 5.74) is 0. The van der Waals surface area contributed by atoms with E-state index < -0.39 is 0 Å². The lowest BCUT2D eigenvalue weighted by molar-refractivity contribution is -0.149. The van der Waals surface area contributed by atoms with E-state index in [0.717, 1.165) is 17.8 Å². The van der Waals surface area contributed by atoms with Gasteiger partial charge in [0.15, 0.2) is 0 Å². The van der Waals surface area contributed by atoms with Gasteiger partial charge in [0.2, 0.25) is 0 Å². The second-order valence-corrected chi connectivity index (χ2v) is 5.84. The average Bonchev–Trinajstić information content (AvgIpc) is 2.17. The van der Waals surface area contributed by atoms with E-state index in [2.05, 4.69) is 19.0 Å². The van der Waals surface area contributed by atoms with Crippen molar-refractivity contribution >= 4 is 0 Å². The first-order valence-electron chi connectivity index (χ1n) is 6.03. The Labute approximate surface area is 86.3 Å². The van der Waals surface area contributed by atoms with E-state index >= 15 is 0 Å². The lowest BCUT2D eigenvalue weighted by Crippen LogP contribution is -2.62. The Morgan fingerprint density at radius 2 is 1.57 bits per heavy atom. The minimum Gasteiger partial charge on any atom is -0.391 e. The average molecular weight is 195 g/mol. The highest BCUT2D eigenvalue weighted by Gasteiger charge is 2.55. The maximum Gasteiger partial charge on any atom is 0.0728 e. The summed E-state index contributed by atoms with van der Waals surface area (Å²) in [5, 5.41) is 10.3. The van der Waals surface area contributed by atoms with Crippen LogP contribution in [0.4, 0.5) is 0 Å². The summed E-state index contributed by atoms with van der Waals surface area (Å²) in [5.74, 6) is 3.21. The van der Waals surface area contributed by atoms with E-state index in [1.165, 1.54) is 25.7 Å². The van der Waals surface area contributed by atoms with Gasteiger partial charge in [-0.15, -0.1) is 0 Å². The molecule has 5 aliphatic rings. The van der Waals surface area contributed by atoms with E-state index in [-0.39, 0.29) is 6.10 Å². The first-order valence-corrected chi connectivity index (χ1v) is 6.03. The van der Waals surface area contributed by atoms with Crippen molar-refractivity contribution in [1.82, 2.24) is 4.90 Å². The fraction of sp³-hybridized carbons (Fsp3) is 1.00. The highest BCUT2D eigenvalue weighted by Crippen LogP contribution is 2.56. The second-order valence-electron chi connectivity index (χ2n) is 5.84. The molecule has 0 spiro atoms. The Balaban J connectivity index is 1.91. The SMILES string of the molecule is CN(C)C1C2CC3CCC2C[C@@H]3C1O. The van der Waals surface area contributed by atoms with Crippen LogP contribution in [-0.4, -0.2) is 36.2 Å². The standard InChI is InChI=1S/C12H21NO/c1-13(2)11-9-5-8-4-3-7(9)6-10(8)12(11)14/h7-12,14H,3-6H2,1-2H3/t7?,8?,9?,10-,11?,12?/m0/s1. The summed E-state index contributed by atoms with van der Waals surface area (Å²) >= 11 is 0. The van der Waals surface area contributed by atoms with Gasteiger partial charge >= 0.3 is 0 Å². The summed E-state index contributed by atoms with van der Waals surface area (Å²) in [6.07, 6.45) is 5.51. The molecule has 1 N–H and O–H groups in total. The van der Waals surface area contributed by atoms with E-state index in [0.29, 0.717) is 12.0 Å². The Morgan fingerprint density at radius 1 is 1.00 bits per heavy atom. The Hall–Kier alpha value is -0.0800. The highest BCUT2D eigenvalue weighted by molar-refractivity contribution is 5.06. The first-order chi connectivity index (χ1) is 6.68. The zero-order valence-electron chi connectivity index (χ0n) is 9.19. The van der Waals surface area contributed by atoms with E-state index in [4.69, 9.17) is 0 Å². The van der Waals surface area contributed by atoms with E-state index in [9.17, 15) is 5.11 Å². The first kappa shape index (κ1) is 9.17. The topological polar surface area (TPSA) is 23.5 Å². The molecular formula is C12H21NO. The molecule has 5 rings (SSSR count). The summed E-state index contributed by atoms with van der Waals surface area (Å²) in [6.45, 7) is 0. The van der Waals surface area contributed by atoms with Gasteiger partial charge in [-0.25, -0.2) is 0 Å². The van der Waals surface area contributed by atoms with Gasteiger partial charge in [-0.1, -0.05) is 0 Å². The number of fused-ring (bicyclic) bond motifs is 2. The minimum atomic E-state index is -0.0368. The van der Waals surface area contributed by atoms with Crippen molar-refractivity contribution in [2.75, 3.05) is 14.1 Å². The van der Waals surface area contributed by atoms with Crippen molar-refractivity contribution in [3.63, 3.8) is 0 Å². The van der Waals surface area contributed by atoms with Crippen LogP contribution < -0.4 is 0 Å². The Morgan fingerprint density at radius 3 is 2.07 bits per heavy atom. The van der Waals surface area contributed by atoms with Crippen LogP contribution in [0.2, 0.25) is 0 Å². The summed E-state index contributed by atoms with van der Waals surface area (Å²) in [6, 6.07) is 0.454. The van der Waals surface area contributed by atoms with Gasteiger partial charge in [0.05, 0.1) is 6.10 Å². The summed E-state index contributed by atoms with van der Waals surface area (Å²) < 4.78 is 0. The third kappa shape index (κ3) is 1.04. The molecule has 5 aliphatic carbocycles.